The van der Waals surface area contributed by atoms with Crippen molar-refractivity contribution in [3.8, 4) is 0 Å². The maximum absolute atomic E-state index is 11.1. The molecule has 2 aromatic rings. The first kappa shape index (κ1) is 14.3. The summed E-state index contributed by atoms with van der Waals surface area (Å²) in [4.78, 5) is 15.0. The number of nitrogen functional groups attached to an aromatic ring is 1. The number of carboxylic acid groups (broad SMARTS) is 1. The second kappa shape index (κ2) is 5.89. The predicted octanol–water partition coefficient (Wildman–Crippen LogP) is 1.55. The van der Waals surface area contributed by atoms with Gasteiger partial charge in [0, 0.05) is 28.0 Å². The van der Waals surface area contributed by atoms with E-state index >= 15 is 0 Å². The summed E-state index contributed by atoms with van der Waals surface area (Å²) in [6.45, 7) is 1.91. The molecule has 2 rings (SSSR count). The quantitative estimate of drug-likeness (QED) is 0.578. The van der Waals surface area contributed by atoms with E-state index in [9.17, 15) is 9.90 Å². The van der Waals surface area contributed by atoms with Crippen LogP contribution in [0.3, 0.4) is 0 Å². The second-order valence-corrected chi connectivity index (χ2v) is 5.05. The minimum Gasteiger partial charge on any atom is -0.545 e. The lowest BCUT2D eigenvalue weighted by atomic mass is 10.1. The molecular weight excluding hydrogens is 324 g/mol. The Hall–Kier alpha value is -2.12. The van der Waals surface area contributed by atoms with Crippen LogP contribution in [0.15, 0.2) is 34.9 Å². The zero-order chi connectivity index (χ0) is 14.7. The van der Waals surface area contributed by atoms with Crippen molar-refractivity contribution in [2.45, 2.75) is 6.92 Å². The molecule has 1 heterocycles. The molecule has 6 nitrogen and oxygen atoms in total. The maximum Gasteiger partial charge on any atom is 0.141 e. The van der Waals surface area contributed by atoms with E-state index in [4.69, 9.17) is 5.84 Å². The topological polar surface area (TPSA) is 103 Å². The van der Waals surface area contributed by atoms with Gasteiger partial charge in [-0.05, 0) is 30.7 Å². The number of hydrazine groups is 1. The third-order valence-electron chi connectivity index (χ3n) is 2.73. The minimum absolute atomic E-state index is 0.0358. The minimum atomic E-state index is -1.31. The van der Waals surface area contributed by atoms with Gasteiger partial charge in [-0.15, -0.1) is 0 Å². The van der Waals surface area contributed by atoms with Crippen molar-refractivity contribution in [3.63, 3.8) is 0 Å². The number of rotatable bonds is 4. The van der Waals surface area contributed by atoms with Crippen LogP contribution in [0.25, 0.3) is 0 Å². The summed E-state index contributed by atoms with van der Waals surface area (Å²) >= 11 is 3.37. The van der Waals surface area contributed by atoms with E-state index in [0.717, 1.165) is 15.7 Å². The van der Waals surface area contributed by atoms with Crippen molar-refractivity contribution in [1.29, 1.82) is 0 Å². The molecule has 0 saturated carbocycles. The Labute approximate surface area is 124 Å². The number of carboxylic acids is 1. The van der Waals surface area contributed by atoms with Gasteiger partial charge in [-0.2, -0.15) is 0 Å². The normalized spacial score (nSPS) is 10.2. The van der Waals surface area contributed by atoms with Crippen LogP contribution in [0.5, 0.6) is 0 Å². The summed E-state index contributed by atoms with van der Waals surface area (Å²) in [5, 5.41) is 14.1. The zero-order valence-electron chi connectivity index (χ0n) is 10.6. The first-order chi connectivity index (χ1) is 9.51. The Morgan fingerprint density at radius 3 is 2.70 bits per heavy atom. The molecule has 0 atom stereocenters. The Kier molecular flexibility index (Phi) is 4.21. The SMILES string of the molecule is Cc1cc(Br)ccc1Nc1cc(NN)ncc1C(=O)[O-]. The van der Waals surface area contributed by atoms with Crippen LogP contribution in [-0.4, -0.2) is 11.0 Å². The van der Waals surface area contributed by atoms with Gasteiger partial charge in [0.05, 0.1) is 11.7 Å². The number of nitrogens with two attached hydrogens (primary N) is 1. The van der Waals surface area contributed by atoms with Crippen molar-refractivity contribution in [1.82, 2.24) is 4.98 Å². The molecule has 1 aromatic carbocycles. The van der Waals surface area contributed by atoms with Gasteiger partial charge in [-0.3, -0.25) is 0 Å². The number of nitrogens with zero attached hydrogens (tertiary/aromatic N) is 1. The summed E-state index contributed by atoms with van der Waals surface area (Å²) in [5.41, 5.74) is 4.44. The number of hydrogen-bond donors (Lipinski definition) is 3. The van der Waals surface area contributed by atoms with E-state index in [1.54, 1.807) is 0 Å². The van der Waals surface area contributed by atoms with Gasteiger partial charge in [-0.1, -0.05) is 15.9 Å². The molecule has 0 bridgehead atoms. The molecular formula is C13H12BrN4O2-. The molecule has 0 aliphatic carbocycles. The van der Waals surface area contributed by atoms with Gasteiger partial charge in [0.15, 0.2) is 0 Å². The number of halogens is 1. The standard InChI is InChI=1S/C13H13BrN4O2/c1-7-4-8(14)2-3-10(7)17-11-5-12(18-15)16-6-9(11)13(19)20/h2-6H,15H2,1H3,(H,19,20)(H2,16,17,18)/p-1. The fourth-order valence-corrected chi connectivity index (χ4v) is 2.19. The summed E-state index contributed by atoms with van der Waals surface area (Å²) < 4.78 is 0.944. The highest BCUT2D eigenvalue weighted by molar-refractivity contribution is 9.10. The lowest BCUT2D eigenvalue weighted by Crippen LogP contribution is -2.24. The molecule has 104 valence electrons. The average molecular weight is 336 g/mol. The number of aromatic nitrogens is 1. The van der Waals surface area contributed by atoms with Crippen molar-refractivity contribution in [3.05, 3.63) is 46.1 Å². The van der Waals surface area contributed by atoms with Crippen LogP contribution >= 0.6 is 15.9 Å². The van der Waals surface area contributed by atoms with Gasteiger partial charge in [-0.25, -0.2) is 10.8 Å². The average Bonchev–Trinajstić information content (AvgIpc) is 2.41. The fraction of sp³-hybridized carbons (Fsp3) is 0.0769. The number of anilines is 3. The number of benzene rings is 1. The summed E-state index contributed by atoms with van der Waals surface area (Å²) in [5.74, 6) is 4.33. The van der Waals surface area contributed by atoms with E-state index in [0.29, 0.717) is 11.5 Å². The van der Waals surface area contributed by atoms with E-state index in [1.807, 2.05) is 25.1 Å². The second-order valence-electron chi connectivity index (χ2n) is 4.13. The smallest absolute Gasteiger partial charge is 0.141 e. The molecule has 0 spiro atoms. The molecule has 0 radical (unpaired) electrons. The molecule has 0 amide bonds. The lowest BCUT2D eigenvalue weighted by molar-refractivity contribution is -0.254. The monoisotopic (exact) mass is 335 g/mol. The highest BCUT2D eigenvalue weighted by Crippen LogP contribution is 2.26. The number of aryl methyl sites for hydroxylation is 1. The van der Waals surface area contributed by atoms with Gasteiger partial charge < -0.3 is 20.6 Å². The highest BCUT2D eigenvalue weighted by atomic mass is 79.9. The van der Waals surface area contributed by atoms with Gasteiger partial charge in [0.25, 0.3) is 0 Å². The third-order valence-corrected chi connectivity index (χ3v) is 3.22. The number of hydrogen-bond acceptors (Lipinski definition) is 6. The molecule has 0 unspecified atom stereocenters. The van der Waals surface area contributed by atoms with Crippen LogP contribution in [0.1, 0.15) is 15.9 Å². The Bertz CT molecular complexity index is 661. The first-order valence-corrected chi connectivity index (χ1v) is 6.51. The molecule has 0 aliphatic rings. The largest absolute Gasteiger partial charge is 0.545 e. The van der Waals surface area contributed by atoms with Crippen LogP contribution in [0.4, 0.5) is 17.2 Å². The third kappa shape index (κ3) is 3.06. The number of carbonyl (C=O) groups excluding carboxylic acids is 1. The van der Waals surface area contributed by atoms with Gasteiger partial charge >= 0.3 is 0 Å². The molecule has 7 heteroatoms. The summed E-state index contributed by atoms with van der Waals surface area (Å²) in [6, 6.07) is 7.13. The van der Waals surface area contributed by atoms with Gasteiger partial charge in [0.2, 0.25) is 0 Å². The van der Waals surface area contributed by atoms with Crippen LogP contribution in [0.2, 0.25) is 0 Å². The lowest BCUT2D eigenvalue weighted by Gasteiger charge is -2.15. The number of pyridine rings is 1. The van der Waals surface area contributed by atoms with Crippen molar-refractivity contribution in [2.75, 3.05) is 10.7 Å². The number of carbonyl (C=O) groups is 1. The molecule has 0 aliphatic heterocycles. The maximum atomic E-state index is 11.1. The van der Waals surface area contributed by atoms with E-state index in [2.05, 4.69) is 31.7 Å². The first-order valence-electron chi connectivity index (χ1n) is 5.72. The Balaban J connectivity index is 2.43. The fourth-order valence-electron chi connectivity index (χ4n) is 1.71. The van der Waals surface area contributed by atoms with Crippen LogP contribution in [0, 0.1) is 6.92 Å². The molecule has 0 fully saturated rings. The van der Waals surface area contributed by atoms with E-state index < -0.39 is 5.97 Å². The number of aromatic carboxylic acids is 1. The van der Waals surface area contributed by atoms with Gasteiger partial charge in [0.1, 0.15) is 5.82 Å². The van der Waals surface area contributed by atoms with E-state index in [-0.39, 0.29) is 5.56 Å². The summed E-state index contributed by atoms with van der Waals surface area (Å²) in [6.07, 6.45) is 1.20. The van der Waals surface area contributed by atoms with Crippen molar-refractivity contribution < 1.29 is 9.90 Å². The predicted molar refractivity (Wildman–Crippen MR) is 78.5 cm³/mol. The van der Waals surface area contributed by atoms with Crippen LogP contribution in [-0.2, 0) is 0 Å². The molecule has 1 aromatic heterocycles. The Morgan fingerprint density at radius 2 is 2.10 bits per heavy atom. The molecule has 20 heavy (non-hydrogen) atoms. The zero-order valence-corrected chi connectivity index (χ0v) is 12.2. The molecule has 0 saturated heterocycles. The van der Waals surface area contributed by atoms with Crippen molar-refractivity contribution in [2.24, 2.45) is 5.84 Å². The van der Waals surface area contributed by atoms with E-state index in [1.165, 1.54) is 12.3 Å². The number of nitrogens with one attached hydrogen (secondary N) is 2. The Morgan fingerprint density at radius 1 is 1.35 bits per heavy atom. The highest BCUT2D eigenvalue weighted by Gasteiger charge is 2.08. The molecule has 4 N–H and O–H groups in total. The van der Waals surface area contributed by atoms with Crippen molar-refractivity contribution >= 4 is 39.1 Å². The summed E-state index contributed by atoms with van der Waals surface area (Å²) in [7, 11) is 0. The van der Waals surface area contributed by atoms with Crippen LogP contribution < -0.4 is 21.7 Å².